The minimum atomic E-state index is -0.0632. The van der Waals surface area contributed by atoms with E-state index in [1.807, 2.05) is 57.7 Å². The van der Waals surface area contributed by atoms with Gasteiger partial charge < -0.3 is 19.7 Å². The highest BCUT2D eigenvalue weighted by atomic mass is 16.5. The van der Waals surface area contributed by atoms with Crippen molar-refractivity contribution in [2.75, 3.05) is 25.1 Å². The van der Waals surface area contributed by atoms with Crippen LogP contribution in [-0.2, 0) is 6.54 Å². The highest BCUT2D eigenvalue weighted by Crippen LogP contribution is 2.41. The van der Waals surface area contributed by atoms with Gasteiger partial charge in [0.05, 0.1) is 25.5 Å². The van der Waals surface area contributed by atoms with Crippen molar-refractivity contribution in [3.8, 4) is 22.8 Å². The Kier molecular flexibility index (Phi) is 6.02. The standard InChI is InChI=1S/C21H28N4O3/c1-6-22-21-23-17(15-12-25(13(4)5)20(26)18(15)24-21)14-10-9-11-16(27-7-2)19(14)28-8-3/h9-11,13H,6-8,12H2,1-5H3,(H,22,23,24). The molecule has 2 aromatic rings. The van der Waals surface area contributed by atoms with E-state index in [0.29, 0.717) is 55.1 Å². The number of benzene rings is 1. The molecule has 0 saturated carbocycles. The molecule has 0 fully saturated rings. The number of nitrogens with zero attached hydrogens (tertiary/aromatic N) is 3. The summed E-state index contributed by atoms with van der Waals surface area (Å²) in [5.74, 6) is 1.70. The molecule has 0 spiro atoms. The highest BCUT2D eigenvalue weighted by molar-refractivity contribution is 5.99. The van der Waals surface area contributed by atoms with Gasteiger partial charge in [0.2, 0.25) is 5.95 Å². The van der Waals surface area contributed by atoms with E-state index in [1.54, 1.807) is 0 Å². The quantitative estimate of drug-likeness (QED) is 0.747. The van der Waals surface area contributed by atoms with Crippen LogP contribution in [0, 0.1) is 0 Å². The number of aromatic nitrogens is 2. The number of fused-ring (bicyclic) bond motifs is 1. The molecule has 7 heteroatoms. The predicted molar refractivity (Wildman–Crippen MR) is 109 cm³/mol. The number of hydrogen-bond acceptors (Lipinski definition) is 6. The molecular formula is C21H28N4O3. The second-order valence-corrected chi connectivity index (χ2v) is 6.78. The molecule has 0 saturated heterocycles. The number of hydrogen-bond donors (Lipinski definition) is 1. The van der Waals surface area contributed by atoms with Crippen LogP contribution in [0.4, 0.5) is 5.95 Å². The lowest BCUT2D eigenvalue weighted by molar-refractivity contribution is 0.0726. The molecule has 1 N–H and O–H groups in total. The molecule has 1 amide bonds. The molecule has 150 valence electrons. The van der Waals surface area contributed by atoms with Crippen LogP contribution in [0.2, 0.25) is 0 Å². The topological polar surface area (TPSA) is 76.6 Å². The molecule has 3 rings (SSSR count). The zero-order chi connectivity index (χ0) is 20.3. The number of carbonyl (C=O) groups is 1. The van der Waals surface area contributed by atoms with Crippen molar-refractivity contribution in [1.82, 2.24) is 14.9 Å². The summed E-state index contributed by atoms with van der Waals surface area (Å²) in [7, 11) is 0. The summed E-state index contributed by atoms with van der Waals surface area (Å²) in [6, 6.07) is 5.84. The van der Waals surface area contributed by atoms with Gasteiger partial charge in [0.25, 0.3) is 5.91 Å². The van der Waals surface area contributed by atoms with Crippen LogP contribution in [-0.4, -0.2) is 46.6 Å². The van der Waals surface area contributed by atoms with E-state index in [2.05, 4.69) is 10.3 Å². The summed E-state index contributed by atoms with van der Waals surface area (Å²) >= 11 is 0. The minimum absolute atomic E-state index is 0.0632. The number of carbonyl (C=O) groups excluding carboxylic acids is 1. The fourth-order valence-corrected chi connectivity index (χ4v) is 3.33. The molecule has 0 aliphatic carbocycles. The molecular weight excluding hydrogens is 356 g/mol. The molecule has 0 radical (unpaired) electrons. The Morgan fingerprint density at radius 3 is 2.46 bits per heavy atom. The fraction of sp³-hybridized carbons (Fsp3) is 0.476. The maximum absolute atomic E-state index is 12.9. The number of para-hydroxylation sites is 1. The van der Waals surface area contributed by atoms with Gasteiger partial charge in [-0.25, -0.2) is 9.97 Å². The second kappa shape index (κ2) is 8.46. The second-order valence-electron chi connectivity index (χ2n) is 6.78. The molecule has 2 heterocycles. The largest absolute Gasteiger partial charge is 0.490 e. The molecule has 1 aromatic heterocycles. The third-order valence-electron chi connectivity index (χ3n) is 4.58. The Bertz CT molecular complexity index is 867. The Labute approximate surface area is 166 Å². The third-order valence-corrected chi connectivity index (χ3v) is 4.58. The van der Waals surface area contributed by atoms with Crippen LogP contribution in [0.1, 0.15) is 50.7 Å². The molecule has 1 aromatic carbocycles. The first-order chi connectivity index (χ1) is 13.5. The van der Waals surface area contributed by atoms with Crippen molar-refractivity contribution in [2.24, 2.45) is 0 Å². The van der Waals surface area contributed by atoms with Crippen molar-refractivity contribution in [2.45, 2.75) is 47.2 Å². The lowest BCUT2D eigenvalue weighted by Gasteiger charge is -2.20. The fourth-order valence-electron chi connectivity index (χ4n) is 3.33. The highest BCUT2D eigenvalue weighted by Gasteiger charge is 2.35. The number of amides is 1. The average Bonchev–Trinajstić information content (AvgIpc) is 3.00. The summed E-state index contributed by atoms with van der Waals surface area (Å²) in [5, 5.41) is 3.14. The van der Waals surface area contributed by atoms with E-state index < -0.39 is 0 Å². The van der Waals surface area contributed by atoms with Crippen molar-refractivity contribution >= 4 is 11.9 Å². The molecule has 1 aliphatic heterocycles. The summed E-state index contributed by atoms with van der Waals surface area (Å²) in [6.45, 7) is 12.0. The van der Waals surface area contributed by atoms with Gasteiger partial charge in [-0.3, -0.25) is 4.79 Å². The lowest BCUT2D eigenvalue weighted by atomic mass is 10.0. The van der Waals surface area contributed by atoms with Gasteiger partial charge in [-0.1, -0.05) is 6.07 Å². The van der Waals surface area contributed by atoms with E-state index in [4.69, 9.17) is 14.5 Å². The Morgan fingerprint density at radius 2 is 1.82 bits per heavy atom. The van der Waals surface area contributed by atoms with Crippen molar-refractivity contribution in [3.63, 3.8) is 0 Å². The Balaban J connectivity index is 2.22. The Hall–Kier alpha value is -2.83. The van der Waals surface area contributed by atoms with Crippen LogP contribution >= 0.6 is 0 Å². The zero-order valence-electron chi connectivity index (χ0n) is 17.2. The number of nitrogens with one attached hydrogen (secondary N) is 1. The molecule has 28 heavy (non-hydrogen) atoms. The third kappa shape index (κ3) is 3.61. The van der Waals surface area contributed by atoms with Gasteiger partial charge >= 0.3 is 0 Å². The van der Waals surface area contributed by atoms with Gasteiger partial charge in [0.1, 0.15) is 5.69 Å². The van der Waals surface area contributed by atoms with E-state index in [0.717, 1.165) is 11.1 Å². The first-order valence-electron chi connectivity index (χ1n) is 9.86. The summed E-state index contributed by atoms with van der Waals surface area (Å²) in [5.41, 5.74) is 2.81. The van der Waals surface area contributed by atoms with Crippen LogP contribution in [0.3, 0.4) is 0 Å². The molecule has 7 nitrogen and oxygen atoms in total. The number of rotatable bonds is 8. The van der Waals surface area contributed by atoms with E-state index in [-0.39, 0.29) is 11.9 Å². The zero-order valence-corrected chi connectivity index (χ0v) is 17.2. The van der Waals surface area contributed by atoms with Gasteiger partial charge in [-0.2, -0.15) is 0 Å². The lowest BCUT2D eigenvalue weighted by Crippen LogP contribution is -2.31. The first-order valence-corrected chi connectivity index (χ1v) is 9.86. The van der Waals surface area contributed by atoms with E-state index in [1.165, 1.54) is 0 Å². The van der Waals surface area contributed by atoms with Gasteiger partial charge in [-0.15, -0.1) is 0 Å². The van der Waals surface area contributed by atoms with E-state index >= 15 is 0 Å². The predicted octanol–water partition coefficient (Wildman–Crippen LogP) is 3.74. The Morgan fingerprint density at radius 1 is 1.11 bits per heavy atom. The van der Waals surface area contributed by atoms with Gasteiger partial charge in [-0.05, 0) is 46.8 Å². The number of anilines is 1. The minimum Gasteiger partial charge on any atom is -0.490 e. The van der Waals surface area contributed by atoms with E-state index in [9.17, 15) is 4.79 Å². The molecule has 1 aliphatic rings. The van der Waals surface area contributed by atoms with Gasteiger partial charge in [0, 0.05) is 23.7 Å². The van der Waals surface area contributed by atoms with Crippen molar-refractivity contribution < 1.29 is 14.3 Å². The summed E-state index contributed by atoms with van der Waals surface area (Å²) in [4.78, 5) is 24.0. The average molecular weight is 384 g/mol. The van der Waals surface area contributed by atoms with Crippen LogP contribution in [0.15, 0.2) is 18.2 Å². The normalized spacial score (nSPS) is 13.1. The monoisotopic (exact) mass is 384 g/mol. The smallest absolute Gasteiger partial charge is 0.273 e. The van der Waals surface area contributed by atoms with Crippen molar-refractivity contribution in [1.29, 1.82) is 0 Å². The maximum Gasteiger partial charge on any atom is 0.273 e. The van der Waals surface area contributed by atoms with Crippen molar-refractivity contribution in [3.05, 3.63) is 29.5 Å². The van der Waals surface area contributed by atoms with Gasteiger partial charge in [0.15, 0.2) is 11.5 Å². The first kappa shape index (κ1) is 19.9. The SMILES string of the molecule is CCNc1nc2c(c(-c3cccc(OCC)c3OCC)n1)CN(C(C)C)C2=O. The molecule has 0 atom stereocenters. The maximum atomic E-state index is 12.9. The van der Waals surface area contributed by atoms with Crippen LogP contribution < -0.4 is 14.8 Å². The molecule has 0 unspecified atom stereocenters. The molecule has 0 bridgehead atoms. The van der Waals surface area contributed by atoms with Crippen LogP contribution in [0.25, 0.3) is 11.3 Å². The number of ether oxygens (including phenoxy) is 2. The summed E-state index contributed by atoms with van der Waals surface area (Å²) in [6.07, 6.45) is 0. The summed E-state index contributed by atoms with van der Waals surface area (Å²) < 4.78 is 11.7. The van der Waals surface area contributed by atoms with Crippen LogP contribution in [0.5, 0.6) is 11.5 Å².